The molecule has 20 heavy (non-hydrogen) atoms. The third-order valence-electron chi connectivity index (χ3n) is 2.50. The number of anilines is 1. The predicted molar refractivity (Wildman–Crippen MR) is 81.4 cm³/mol. The summed E-state index contributed by atoms with van der Waals surface area (Å²) in [5, 5.41) is 17.7. The molecule has 2 aromatic heterocycles. The standard InChI is InChI=1S/C12H17N5OS2/c1-4-5-13-12-17-16-11(20-12)9(18)15-8(3)10-14-7(2)6-19-10/h6,8H,4-5H2,1-3H3,(H,13,17)(H,15,18). The minimum Gasteiger partial charge on any atom is -0.360 e. The maximum atomic E-state index is 12.1. The molecule has 2 aromatic rings. The molecule has 108 valence electrons. The lowest BCUT2D eigenvalue weighted by atomic mass is 10.3. The first-order chi connectivity index (χ1) is 9.60. The van der Waals surface area contributed by atoms with Gasteiger partial charge in [0.05, 0.1) is 6.04 Å². The first kappa shape index (κ1) is 14.9. The van der Waals surface area contributed by atoms with Crippen LogP contribution in [-0.2, 0) is 0 Å². The average molecular weight is 311 g/mol. The van der Waals surface area contributed by atoms with Crippen LogP contribution in [0.1, 0.15) is 46.8 Å². The monoisotopic (exact) mass is 311 g/mol. The van der Waals surface area contributed by atoms with Crippen molar-refractivity contribution in [3.63, 3.8) is 0 Å². The van der Waals surface area contributed by atoms with Crippen molar-refractivity contribution in [3.05, 3.63) is 21.1 Å². The van der Waals surface area contributed by atoms with Gasteiger partial charge < -0.3 is 10.6 Å². The van der Waals surface area contributed by atoms with E-state index in [2.05, 4.69) is 32.7 Å². The minimum atomic E-state index is -0.215. The lowest BCUT2D eigenvalue weighted by Crippen LogP contribution is -2.26. The Bertz CT molecular complexity index is 580. The molecule has 1 atom stereocenters. The van der Waals surface area contributed by atoms with Gasteiger partial charge in [0.25, 0.3) is 5.91 Å². The zero-order chi connectivity index (χ0) is 14.5. The van der Waals surface area contributed by atoms with Crippen LogP contribution in [0, 0.1) is 6.92 Å². The molecule has 2 heterocycles. The first-order valence-corrected chi connectivity index (χ1v) is 8.10. The maximum Gasteiger partial charge on any atom is 0.282 e. The Morgan fingerprint density at radius 2 is 2.25 bits per heavy atom. The number of hydrogen-bond donors (Lipinski definition) is 2. The second-order valence-corrected chi connectivity index (χ2v) is 6.23. The zero-order valence-corrected chi connectivity index (χ0v) is 13.3. The molecule has 1 unspecified atom stereocenters. The Hall–Kier alpha value is -1.54. The van der Waals surface area contributed by atoms with E-state index in [1.165, 1.54) is 11.3 Å². The second-order valence-electron chi connectivity index (χ2n) is 4.36. The quantitative estimate of drug-likeness (QED) is 0.857. The number of amides is 1. The Balaban J connectivity index is 1.95. The van der Waals surface area contributed by atoms with Gasteiger partial charge in [-0.1, -0.05) is 18.3 Å². The van der Waals surface area contributed by atoms with Crippen LogP contribution in [-0.4, -0.2) is 27.6 Å². The molecular formula is C12H17N5OS2. The molecule has 0 fully saturated rings. The molecule has 0 aromatic carbocycles. The number of hydrogen-bond acceptors (Lipinski definition) is 7. The smallest absolute Gasteiger partial charge is 0.282 e. The number of rotatable bonds is 6. The molecule has 0 aliphatic rings. The van der Waals surface area contributed by atoms with Crippen LogP contribution in [0.3, 0.4) is 0 Å². The number of nitrogens with zero attached hydrogens (tertiary/aromatic N) is 3. The van der Waals surface area contributed by atoms with Gasteiger partial charge in [0.1, 0.15) is 5.01 Å². The van der Waals surface area contributed by atoms with E-state index in [1.807, 2.05) is 19.2 Å². The van der Waals surface area contributed by atoms with Gasteiger partial charge in [-0.25, -0.2) is 4.98 Å². The fraction of sp³-hybridized carbons (Fsp3) is 0.500. The first-order valence-electron chi connectivity index (χ1n) is 6.40. The summed E-state index contributed by atoms with van der Waals surface area (Å²) >= 11 is 2.80. The van der Waals surface area contributed by atoms with Crippen LogP contribution in [0.2, 0.25) is 0 Å². The van der Waals surface area contributed by atoms with Gasteiger partial charge >= 0.3 is 0 Å². The summed E-state index contributed by atoms with van der Waals surface area (Å²) in [6, 6.07) is -0.128. The van der Waals surface area contributed by atoms with Gasteiger partial charge in [-0.2, -0.15) is 0 Å². The van der Waals surface area contributed by atoms with Gasteiger partial charge in [0, 0.05) is 17.6 Å². The van der Waals surface area contributed by atoms with Crippen molar-refractivity contribution >= 4 is 33.7 Å². The Labute approximate surface area is 125 Å². The van der Waals surface area contributed by atoms with Crippen molar-refractivity contribution in [2.75, 3.05) is 11.9 Å². The second kappa shape index (κ2) is 6.76. The Morgan fingerprint density at radius 3 is 2.90 bits per heavy atom. The molecule has 8 heteroatoms. The van der Waals surface area contributed by atoms with E-state index in [-0.39, 0.29) is 11.9 Å². The lowest BCUT2D eigenvalue weighted by molar-refractivity contribution is 0.0938. The molecule has 0 bridgehead atoms. The van der Waals surface area contributed by atoms with E-state index in [1.54, 1.807) is 11.3 Å². The molecule has 2 rings (SSSR count). The summed E-state index contributed by atoms with van der Waals surface area (Å²) in [6.45, 7) is 6.74. The van der Waals surface area contributed by atoms with Crippen LogP contribution >= 0.6 is 22.7 Å². The summed E-state index contributed by atoms with van der Waals surface area (Å²) in [4.78, 5) is 16.4. The largest absolute Gasteiger partial charge is 0.360 e. The van der Waals surface area contributed by atoms with Crippen molar-refractivity contribution in [1.82, 2.24) is 20.5 Å². The van der Waals surface area contributed by atoms with Crippen molar-refractivity contribution in [3.8, 4) is 0 Å². The number of nitrogens with one attached hydrogen (secondary N) is 2. The zero-order valence-electron chi connectivity index (χ0n) is 11.6. The highest BCUT2D eigenvalue weighted by Crippen LogP contribution is 2.19. The SMILES string of the molecule is CCCNc1nnc(C(=O)NC(C)c2nc(C)cs2)s1. The van der Waals surface area contributed by atoms with Crippen LogP contribution in [0.25, 0.3) is 0 Å². The Morgan fingerprint density at radius 1 is 1.45 bits per heavy atom. The molecule has 0 aliphatic heterocycles. The predicted octanol–water partition coefficient (Wildman–Crippen LogP) is 2.62. The van der Waals surface area contributed by atoms with E-state index < -0.39 is 0 Å². The van der Waals surface area contributed by atoms with Gasteiger partial charge in [-0.05, 0) is 20.3 Å². The average Bonchev–Trinajstić information content (AvgIpc) is 3.05. The van der Waals surface area contributed by atoms with Crippen LogP contribution in [0.5, 0.6) is 0 Å². The van der Waals surface area contributed by atoms with E-state index in [0.29, 0.717) is 10.1 Å². The van der Waals surface area contributed by atoms with E-state index in [9.17, 15) is 4.79 Å². The highest BCUT2D eigenvalue weighted by molar-refractivity contribution is 7.17. The van der Waals surface area contributed by atoms with Crippen molar-refractivity contribution in [2.24, 2.45) is 0 Å². The van der Waals surface area contributed by atoms with Crippen molar-refractivity contribution in [1.29, 1.82) is 0 Å². The fourth-order valence-corrected chi connectivity index (χ4v) is 2.99. The van der Waals surface area contributed by atoms with Gasteiger partial charge in [0.2, 0.25) is 10.1 Å². The van der Waals surface area contributed by atoms with Gasteiger partial charge in [0.15, 0.2) is 0 Å². The lowest BCUT2D eigenvalue weighted by Gasteiger charge is -2.09. The van der Waals surface area contributed by atoms with E-state index in [4.69, 9.17) is 0 Å². The number of carbonyl (C=O) groups excluding carboxylic acids is 1. The summed E-state index contributed by atoms with van der Waals surface area (Å²) in [5.41, 5.74) is 0.966. The van der Waals surface area contributed by atoms with Gasteiger partial charge in [-0.3, -0.25) is 4.79 Å². The minimum absolute atomic E-state index is 0.128. The van der Waals surface area contributed by atoms with Crippen LogP contribution in [0.4, 0.5) is 5.13 Å². The summed E-state index contributed by atoms with van der Waals surface area (Å²) in [5.74, 6) is -0.215. The Kier molecular flexibility index (Phi) is 5.02. The highest BCUT2D eigenvalue weighted by atomic mass is 32.1. The number of thiazole rings is 1. The van der Waals surface area contributed by atoms with Crippen LogP contribution in [0.15, 0.2) is 5.38 Å². The van der Waals surface area contributed by atoms with Crippen LogP contribution < -0.4 is 10.6 Å². The molecule has 1 amide bonds. The number of carbonyl (C=O) groups is 1. The molecule has 6 nitrogen and oxygen atoms in total. The van der Waals surface area contributed by atoms with E-state index in [0.717, 1.165) is 23.7 Å². The molecule has 0 radical (unpaired) electrons. The maximum absolute atomic E-state index is 12.1. The molecule has 2 N–H and O–H groups in total. The van der Waals surface area contributed by atoms with E-state index >= 15 is 0 Å². The fourth-order valence-electron chi connectivity index (χ4n) is 1.51. The summed E-state index contributed by atoms with van der Waals surface area (Å²) in [6.07, 6.45) is 1.00. The highest BCUT2D eigenvalue weighted by Gasteiger charge is 2.17. The molecular weight excluding hydrogens is 294 g/mol. The third kappa shape index (κ3) is 3.73. The normalized spacial score (nSPS) is 12.2. The number of aryl methyl sites for hydroxylation is 1. The molecule has 0 saturated heterocycles. The number of aromatic nitrogens is 3. The third-order valence-corrected chi connectivity index (χ3v) is 4.53. The summed E-state index contributed by atoms with van der Waals surface area (Å²) < 4.78 is 0. The molecule has 0 aliphatic carbocycles. The van der Waals surface area contributed by atoms with Crippen molar-refractivity contribution in [2.45, 2.75) is 33.2 Å². The van der Waals surface area contributed by atoms with Gasteiger partial charge in [-0.15, -0.1) is 21.5 Å². The van der Waals surface area contributed by atoms with Crippen molar-refractivity contribution < 1.29 is 4.79 Å². The molecule has 0 saturated carbocycles. The topological polar surface area (TPSA) is 79.8 Å². The summed E-state index contributed by atoms with van der Waals surface area (Å²) in [7, 11) is 0. The molecule has 0 spiro atoms.